The number of nitrogens with zero attached hydrogens (tertiary/aromatic N) is 2. The van der Waals surface area contributed by atoms with Crippen LogP contribution < -0.4 is 0 Å². The molecule has 2 rings (SSSR count). The van der Waals surface area contributed by atoms with E-state index in [1.807, 2.05) is 16.9 Å². The lowest BCUT2D eigenvalue weighted by Gasteiger charge is -2.18. The van der Waals surface area contributed by atoms with E-state index >= 15 is 0 Å². The van der Waals surface area contributed by atoms with Crippen LogP contribution in [0.15, 0.2) is 23.7 Å². The minimum Gasteiger partial charge on any atom is -0.267 e. The van der Waals surface area contributed by atoms with Gasteiger partial charge in [-0.15, -0.1) is 22.9 Å². The van der Waals surface area contributed by atoms with Gasteiger partial charge in [-0.2, -0.15) is 5.10 Å². The van der Waals surface area contributed by atoms with Crippen LogP contribution in [0.4, 0.5) is 0 Å². The van der Waals surface area contributed by atoms with Gasteiger partial charge < -0.3 is 0 Å². The van der Waals surface area contributed by atoms with Crippen LogP contribution in [0.25, 0.3) is 10.6 Å². The molecular formula is C12H15ClN2S. The SMILES string of the molecule is CC(C)(C)n1cc(CCl)c(-c2cccs2)n1. The molecule has 2 heterocycles. The van der Waals surface area contributed by atoms with Gasteiger partial charge in [0.2, 0.25) is 0 Å². The van der Waals surface area contributed by atoms with Gasteiger partial charge in [-0.1, -0.05) is 6.07 Å². The highest BCUT2D eigenvalue weighted by molar-refractivity contribution is 7.13. The number of hydrogen-bond acceptors (Lipinski definition) is 2. The molecule has 0 aliphatic carbocycles. The summed E-state index contributed by atoms with van der Waals surface area (Å²) in [6.45, 7) is 6.41. The van der Waals surface area contributed by atoms with Crippen LogP contribution in [0.2, 0.25) is 0 Å². The van der Waals surface area contributed by atoms with Crippen molar-refractivity contribution in [2.75, 3.05) is 0 Å². The summed E-state index contributed by atoms with van der Waals surface area (Å²) in [5.41, 5.74) is 2.11. The first-order chi connectivity index (χ1) is 7.52. The minimum atomic E-state index is -0.00365. The van der Waals surface area contributed by atoms with Gasteiger partial charge in [0.1, 0.15) is 5.69 Å². The first-order valence-electron chi connectivity index (χ1n) is 5.21. The van der Waals surface area contributed by atoms with Crippen LogP contribution in [0.3, 0.4) is 0 Å². The maximum atomic E-state index is 5.96. The lowest BCUT2D eigenvalue weighted by atomic mass is 10.1. The van der Waals surface area contributed by atoms with Crippen molar-refractivity contribution in [3.63, 3.8) is 0 Å². The predicted molar refractivity (Wildman–Crippen MR) is 70.1 cm³/mol. The van der Waals surface area contributed by atoms with Crippen LogP contribution in [-0.4, -0.2) is 9.78 Å². The topological polar surface area (TPSA) is 17.8 Å². The summed E-state index contributed by atoms with van der Waals surface area (Å²) in [7, 11) is 0. The normalized spacial score (nSPS) is 12.0. The van der Waals surface area contributed by atoms with Crippen LogP contribution in [0.1, 0.15) is 26.3 Å². The molecular weight excluding hydrogens is 240 g/mol. The zero-order valence-electron chi connectivity index (χ0n) is 9.70. The molecule has 0 aromatic carbocycles. The quantitative estimate of drug-likeness (QED) is 0.738. The first kappa shape index (κ1) is 11.7. The Morgan fingerprint density at radius 3 is 2.69 bits per heavy atom. The average Bonchev–Trinajstić information content (AvgIpc) is 2.85. The molecule has 0 atom stereocenters. The maximum Gasteiger partial charge on any atom is 0.107 e. The van der Waals surface area contributed by atoms with Crippen LogP contribution >= 0.6 is 22.9 Å². The van der Waals surface area contributed by atoms with Crippen molar-refractivity contribution >= 4 is 22.9 Å². The molecule has 0 saturated heterocycles. The Bertz CT molecular complexity index is 466. The minimum absolute atomic E-state index is 0.00365. The highest BCUT2D eigenvalue weighted by atomic mass is 35.5. The summed E-state index contributed by atoms with van der Waals surface area (Å²) in [5, 5.41) is 6.70. The highest BCUT2D eigenvalue weighted by Gasteiger charge is 2.18. The molecule has 86 valence electrons. The van der Waals surface area contributed by atoms with E-state index in [2.05, 4.69) is 37.3 Å². The van der Waals surface area contributed by atoms with Crippen molar-refractivity contribution in [1.82, 2.24) is 9.78 Å². The molecule has 0 fully saturated rings. The van der Waals surface area contributed by atoms with E-state index in [-0.39, 0.29) is 5.54 Å². The monoisotopic (exact) mass is 254 g/mol. The molecule has 16 heavy (non-hydrogen) atoms. The summed E-state index contributed by atoms with van der Waals surface area (Å²) in [4.78, 5) is 1.18. The molecule has 2 nitrogen and oxygen atoms in total. The van der Waals surface area contributed by atoms with E-state index in [1.165, 1.54) is 4.88 Å². The van der Waals surface area contributed by atoms with Gasteiger partial charge in [-0.05, 0) is 32.2 Å². The zero-order valence-corrected chi connectivity index (χ0v) is 11.3. The molecule has 2 aromatic rings. The summed E-state index contributed by atoms with van der Waals surface area (Å²) < 4.78 is 1.99. The van der Waals surface area contributed by atoms with Gasteiger partial charge in [0.15, 0.2) is 0 Å². The predicted octanol–water partition coefficient (Wildman–Crippen LogP) is 4.11. The largest absolute Gasteiger partial charge is 0.267 e. The molecule has 4 heteroatoms. The third-order valence-electron chi connectivity index (χ3n) is 2.38. The summed E-state index contributed by atoms with van der Waals surface area (Å²) >= 11 is 7.66. The smallest absolute Gasteiger partial charge is 0.107 e. The molecule has 0 saturated carbocycles. The van der Waals surface area contributed by atoms with Crippen LogP contribution in [0, 0.1) is 0 Å². The second-order valence-electron chi connectivity index (χ2n) is 4.73. The fourth-order valence-corrected chi connectivity index (χ4v) is 2.41. The molecule has 0 aliphatic heterocycles. The maximum absolute atomic E-state index is 5.96. The Hall–Kier alpha value is -0.800. The third-order valence-corrected chi connectivity index (χ3v) is 3.54. The van der Waals surface area contributed by atoms with Gasteiger partial charge >= 0.3 is 0 Å². The Morgan fingerprint density at radius 2 is 2.19 bits per heavy atom. The average molecular weight is 255 g/mol. The van der Waals surface area contributed by atoms with Crippen molar-refractivity contribution in [3.8, 4) is 10.6 Å². The van der Waals surface area contributed by atoms with Gasteiger partial charge in [0.25, 0.3) is 0 Å². The van der Waals surface area contributed by atoms with Crippen molar-refractivity contribution in [2.45, 2.75) is 32.2 Å². The number of alkyl halides is 1. The number of halogens is 1. The van der Waals surface area contributed by atoms with E-state index in [4.69, 9.17) is 11.6 Å². The van der Waals surface area contributed by atoms with Gasteiger partial charge in [0, 0.05) is 11.8 Å². The molecule has 0 N–H and O–H groups in total. The van der Waals surface area contributed by atoms with Crippen LogP contribution in [-0.2, 0) is 11.4 Å². The zero-order chi connectivity index (χ0) is 11.8. The summed E-state index contributed by atoms with van der Waals surface area (Å²) in [5.74, 6) is 0.503. The summed E-state index contributed by atoms with van der Waals surface area (Å²) in [6.07, 6.45) is 2.04. The van der Waals surface area contributed by atoms with E-state index in [0.29, 0.717) is 5.88 Å². The van der Waals surface area contributed by atoms with Gasteiger partial charge in [-0.3, -0.25) is 4.68 Å². The van der Waals surface area contributed by atoms with Crippen molar-refractivity contribution in [1.29, 1.82) is 0 Å². The van der Waals surface area contributed by atoms with Crippen molar-refractivity contribution in [3.05, 3.63) is 29.3 Å². The van der Waals surface area contributed by atoms with E-state index in [9.17, 15) is 0 Å². The van der Waals surface area contributed by atoms with Crippen molar-refractivity contribution < 1.29 is 0 Å². The van der Waals surface area contributed by atoms with Crippen molar-refractivity contribution in [2.24, 2.45) is 0 Å². The second-order valence-corrected chi connectivity index (χ2v) is 5.94. The van der Waals surface area contributed by atoms with Gasteiger partial charge in [-0.25, -0.2) is 0 Å². The molecule has 0 bridgehead atoms. The Labute approximate surface area is 105 Å². The van der Waals surface area contributed by atoms with Gasteiger partial charge in [0.05, 0.1) is 16.3 Å². The second kappa shape index (κ2) is 4.22. The standard InChI is InChI=1S/C12H15ClN2S/c1-12(2,3)15-8-9(7-13)11(14-15)10-5-4-6-16-10/h4-6,8H,7H2,1-3H3. The number of hydrogen-bond donors (Lipinski definition) is 0. The Kier molecular flexibility index (Phi) is 3.08. The lowest BCUT2D eigenvalue weighted by Crippen LogP contribution is -2.22. The molecule has 2 aromatic heterocycles. The molecule has 0 aliphatic rings. The Morgan fingerprint density at radius 1 is 1.44 bits per heavy atom. The third kappa shape index (κ3) is 2.15. The summed E-state index contributed by atoms with van der Waals surface area (Å²) in [6, 6.07) is 4.12. The lowest BCUT2D eigenvalue weighted by molar-refractivity contribution is 0.356. The molecule has 0 radical (unpaired) electrons. The molecule has 0 unspecified atom stereocenters. The fraction of sp³-hybridized carbons (Fsp3) is 0.417. The first-order valence-corrected chi connectivity index (χ1v) is 6.62. The molecule has 0 spiro atoms. The van der Waals surface area contributed by atoms with E-state index in [1.54, 1.807) is 11.3 Å². The van der Waals surface area contributed by atoms with E-state index in [0.717, 1.165) is 11.3 Å². The van der Waals surface area contributed by atoms with E-state index < -0.39 is 0 Å². The number of aromatic nitrogens is 2. The van der Waals surface area contributed by atoms with Crippen LogP contribution in [0.5, 0.6) is 0 Å². The number of thiophene rings is 1. The fourth-order valence-electron chi connectivity index (χ4n) is 1.47. The Balaban J connectivity index is 2.50. The number of rotatable bonds is 2. The molecule has 0 amide bonds. The highest BCUT2D eigenvalue weighted by Crippen LogP contribution is 2.29.